The first-order valence-electron chi connectivity index (χ1n) is 5.42. The number of hydrogen-bond donors (Lipinski definition) is 1. The van der Waals surface area contributed by atoms with Gasteiger partial charge in [0.05, 0.1) is 0 Å². The van der Waals surface area contributed by atoms with Crippen LogP contribution in [0.1, 0.15) is 31.4 Å². The highest BCUT2D eigenvalue weighted by molar-refractivity contribution is 5.84. The summed E-state index contributed by atoms with van der Waals surface area (Å²) < 4.78 is 0. The Bertz CT molecular complexity index is 358. The van der Waals surface area contributed by atoms with Crippen molar-refractivity contribution < 1.29 is 4.79 Å². The number of benzene rings is 1. The molecule has 1 rings (SSSR count). The number of anilines is 1. The number of Topliss-reactive ketones (excluding diaryl/α,β-unsaturated/α-hetero) is 1. The Balaban J connectivity index is 2.77. The van der Waals surface area contributed by atoms with E-state index < -0.39 is 0 Å². The van der Waals surface area contributed by atoms with Crippen LogP contribution >= 0.6 is 0 Å². The van der Waals surface area contributed by atoms with E-state index in [0.717, 1.165) is 23.2 Å². The molecule has 1 atom stereocenters. The largest absolute Gasteiger partial charge is 0.398 e. The molecule has 0 aromatic heterocycles. The highest BCUT2D eigenvalue weighted by Crippen LogP contribution is 2.16. The Labute approximate surface area is 91.5 Å². The van der Waals surface area contributed by atoms with E-state index in [1.165, 1.54) is 0 Å². The molecule has 1 aromatic rings. The maximum atomic E-state index is 11.7. The lowest BCUT2D eigenvalue weighted by atomic mass is 9.96. The molecule has 2 N–H and O–H groups in total. The van der Waals surface area contributed by atoms with E-state index >= 15 is 0 Å². The van der Waals surface area contributed by atoms with E-state index in [0.29, 0.717) is 6.42 Å². The van der Waals surface area contributed by atoms with E-state index in [4.69, 9.17) is 5.73 Å². The van der Waals surface area contributed by atoms with Gasteiger partial charge < -0.3 is 5.73 Å². The van der Waals surface area contributed by atoms with Gasteiger partial charge in [-0.1, -0.05) is 26.0 Å². The van der Waals surface area contributed by atoms with Gasteiger partial charge in [0.25, 0.3) is 0 Å². The third-order valence-corrected chi connectivity index (χ3v) is 2.83. The van der Waals surface area contributed by atoms with Crippen LogP contribution in [0.2, 0.25) is 0 Å². The van der Waals surface area contributed by atoms with Gasteiger partial charge in [-0.3, -0.25) is 4.79 Å². The standard InChI is InChI=1S/C13H19NO/c1-4-10(3)13(15)8-11-6-5-9(2)7-12(11)14/h5-7,10H,4,8,14H2,1-3H3. The van der Waals surface area contributed by atoms with E-state index in [1.807, 2.05) is 39.0 Å². The van der Waals surface area contributed by atoms with Crippen LogP contribution in [-0.4, -0.2) is 5.78 Å². The molecule has 1 aromatic carbocycles. The molecule has 0 heterocycles. The van der Waals surface area contributed by atoms with Crippen molar-refractivity contribution in [2.75, 3.05) is 5.73 Å². The van der Waals surface area contributed by atoms with Crippen molar-refractivity contribution in [2.24, 2.45) is 5.92 Å². The Hall–Kier alpha value is -1.31. The van der Waals surface area contributed by atoms with Crippen LogP contribution in [0.15, 0.2) is 18.2 Å². The molecule has 1 unspecified atom stereocenters. The van der Waals surface area contributed by atoms with E-state index in [2.05, 4.69) is 0 Å². The fraction of sp³-hybridized carbons (Fsp3) is 0.462. The Morgan fingerprint density at radius 2 is 2.13 bits per heavy atom. The monoisotopic (exact) mass is 205 g/mol. The summed E-state index contributed by atoms with van der Waals surface area (Å²) in [6.07, 6.45) is 1.35. The van der Waals surface area contributed by atoms with Crippen molar-refractivity contribution in [3.63, 3.8) is 0 Å². The van der Waals surface area contributed by atoms with Crippen LogP contribution in [-0.2, 0) is 11.2 Å². The molecular weight excluding hydrogens is 186 g/mol. The molecule has 2 heteroatoms. The van der Waals surface area contributed by atoms with E-state index in [9.17, 15) is 4.79 Å². The lowest BCUT2D eigenvalue weighted by Gasteiger charge is -2.09. The third-order valence-electron chi connectivity index (χ3n) is 2.83. The Kier molecular flexibility index (Phi) is 3.89. The summed E-state index contributed by atoms with van der Waals surface area (Å²) in [7, 11) is 0. The normalized spacial score (nSPS) is 12.5. The van der Waals surface area contributed by atoms with Crippen molar-refractivity contribution >= 4 is 11.5 Å². The second-order valence-corrected chi connectivity index (χ2v) is 4.15. The van der Waals surface area contributed by atoms with Gasteiger partial charge in [0.15, 0.2) is 0 Å². The van der Waals surface area contributed by atoms with E-state index in [1.54, 1.807) is 0 Å². The smallest absolute Gasteiger partial charge is 0.140 e. The van der Waals surface area contributed by atoms with Gasteiger partial charge in [-0.25, -0.2) is 0 Å². The molecule has 0 radical (unpaired) electrons. The second kappa shape index (κ2) is 4.96. The zero-order valence-electron chi connectivity index (χ0n) is 9.71. The van der Waals surface area contributed by atoms with Gasteiger partial charge >= 0.3 is 0 Å². The maximum Gasteiger partial charge on any atom is 0.140 e. The van der Waals surface area contributed by atoms with Gasteiger partial charge in [-0.15, -0.1) is 0 Å². The van der Waals surface area contributed by atoms with Crippen LogP contribution < -0.4 is 5.73 Å². The number of carbonyl (C=O) groups is 1. The minimum Gasteiger partial charge on any atom is -0.398 e. The van der Waals surface area contributed by atoms with Crippen molar-refractivity contribution in [3.05, 3.63) is 29.3 Å². The molecule has 0 saturated heterocycles. The summed E-state index contributed by atoms with van der Waals surface area (Å²) in [6.45, 7) is 5.99. The van der Waals surface area contributed by atoms with Gasteiger partial charge in [-0.05, 0) is 30.5 Å². The summed E-state index contributed by atoms with van der Waals surface area (Å²) in [6, 6.07) is 5.86. The first kappa shape index (κ1) is 11.8. The van der Waals surface area contributed by atoms with Gasteiger partial charge in [0.1, 0.15) is 5.78 Å². The second-order valence-electron chi connectivity index (χ2n) is 4.15. The minimum absolute atomic E-state index is 0.130. The molecule has 0 spiro atoms. The molecule has 0 amide bonds. The van der Waals surface area contributed by atoms with Gasteiger partial charge in [0.2, 0.25) is 0 Å². The molecule has 0 saturated carbocycles. The lowest BCUT2D eigenvalue weighted by Crippen LogP contribution is -2.13. The summed E-state index contributed by atoms with van der Waals surface area (Å²) in [5.74, 6) is 0.402. The summed E-state index contributed by atoms with van der Waals surface area (Å²) in [4.78, 5) is 11.7. The number of nitrogens with two attached hydrogens (primary N) is 1. The fourth-order valence-electron chi connectivity index (χ4n) is 1.46. The molecule has 0 aliphatic rings. The topological polar surface area (TPSA) is 43.1 Å². The Morgan fingerprint density at radius 1 is 1.47 bits per heavy atom. The van der Waals surface area contributed by atoms with Crippen molar-refractivity contribution in [2.45, 2.75) is 33.6 Å². The predicted molar refractivity (Wildman–Crippen MR) is 63.8 cm³/mol. The lowest BCUT2D eigenvalue weighted by molar-refractivity contribution is -0.121. The molecule has 2 nitrogen and oxygen atoms in total. The highest BCUT2D eigenvalue weighted by atomic mass is 16.1. The number of rotatable bonds is 4. The minimum atomic E-state index is 0.130. The number of carbonyl (C=O) groups excluding carboxylic acids is 1. The van der Waals surface area contributed by atoms with Crippen LogP contribution in [0.5, 0.6) is 0 Å². The molecule has 0 bridgehead atoms. The Morgan fingerprint density at radius 3 is 2.67 bits per heavy atom. The van der Waals surface area contributed by atoms with Crippen LogP contribution in [0.25, 0.3) is 0 Å². The van der Waals surface area contributed by atoms with Crippen molar-refractivity contribution in [3.8, 4) is 0 Å². The first-order valence-corrected chi connectivity index (χ1v) is 5.42. The quantitative estimate of drug-likeness (QED) is 0.768. The predicted octanol–water partition coefficient (Wildman–Crippen LogP) is 2.73. The maximum absolute atomic E-state index is 11.7. The molecule has 15 heavy (non-hydrogen) atoms. The fourth-order valence-corrected chi connectivity index (χ4v) is 1.46. The molecular formula is C13H19NO. The number of aryl methyl sites for hydroxylation is 1. The first-order chi connectivity index (χ1) is 7.04. The SMILES string of the molecule is CCC(C)C(=O)Cc1ccc(C)cc1N. The average Bonchev–Trinajstić information content (AvgIpc) is 2.20. The zero-order valence-corrected chi connectivity index (χ0v) is 9.71. The average molecular weight is 205 g/mol. The summed E-state index contributed by atoms with van der Waals surface area (Å²) >= 11 is 0. The van der Waals surface area contributed by atoms with Gasteiger partial charge in [0, 0.05) is 18.0 Å². The highest BCUT2D eigenvalue weighted by Gasteiger charge is 2.12. The summed E-state index contributed by atoms with van der Waals surface area (Å²) in [5.41, 5.74) is 8.67. The van der Waals surface area contributed by atoms with Crippen molar-refractivity contribution in [1.82, 2.24) is 0 Å². The molecule has 0 aliphatic heterocycles. The number of hydrogen-bond acceptors (Lipinski definition) is 2. The number of ketones is 1. The van der Waals surface area contributed by atoms with Crippen LogP contribution in [0, 0.1) is 12.8 Å². The zero-order chi connectivity index (χ0) is 11.4. The summed E-state index contributed by atoms with van der Waals surface area (Å²) in [5, 5.41) is 0. The van der Waals surface area contributed by atoms with Gasteiger partial charge in [-0.2, -0.15) is 0 Å². The molecule has 0 aliphatic carbocycles. The van der Waals surface area contributed by atoms with Crippen LogP contribution in [0.3, 0.4) is 0 Å². The third kappa shape index (κ3) is 3.08. The van der Waals surface area contributed by atoms with E-state index in [-0.39, 0.29) is 11.7 Å². The number of nitrogen functional groups attached to an aromatic ring is 1. The molecule has 0 fully saturated rings. The van der Waals surface area contributed by atoms with Crippen LogP contribution in [0.4, 0.5) is 5.69 Å². The van der Waals surface area contributed by atoms with Crippen molar-refractivity contribution in [1.29, 1.82) is 0 Å². The molecule has 82 valence electrons.